The van der Waals surface area contributed by atoms with Crippen LogP contribution < -0.4 is 5.32 Å². The van der Waals surface area contributed by atoms with Crippen LogP contribution in [-0.4, -0.2) is 16.2 Å². The van der Waals surface area contributed by atoms with Gasteiger partial charge < -0.3 is 10.4 Å². The Kier molecular flexibility index (Phi) is 3.02. The molecule has 2 heterocycles. The molecule has 0 bridgehead atoms. The van der Waals surface area contributed by atoms with Gasteiger partial charge in [-0.15, -0.1) is 11.3 Å². The van der Waals surface area contributed by atoms with Gasteiger partial charge in [-0.25, -0.2) is 0 Å². The molecule has 0 spiro atoms. The van der Waals surface area contributed by atoms with Crippen molar-refractivity contribution in [2.75, 3.05) is 0 Å². The number of hydrogen-bond acceptors (Lipinski definition) is 2. The zero-order valence-electron chi connectivity index (χ0n) is 12.7. The summed E-state index contributed by atoms with van der Waals surface area (Å²) in [6.45, 7) is 8.92. The van der Waals surface area contributed by atoms with Gasteiger partial charge in [0.25, 0.3) is 0 Å². The van der Waals surface area contributed by atoms with E-state index in [1.165, 1.54) is 10.1 Å². The predicted molar refractivity (Wildman–Crippen MR) is 85.0 cm³/mol. The van der Waals surface area contributed by atoms with Crippen LogP contribution in [-0.2, 0) is 5.60 Å². The number of quaternary nitrogens is 1. The van der Waals surface area contributed by atoms with E-state index in [1.807, 2.05) is 0 Å². The van der Waals surface area contributed by atoms with Crippen LogP contribution in [0.15, 0.2) is 29.6 Å². The standard InChI is InChI=1S/C17H23NOS/c1-15(2)10-17(19,11-16(3,4)18-15)13-9-20-14-8-6-5-7-12(13)14/h5-9,18-19H,10-11H2,1-4H3/p+1. The Morgan fingerprint density at radius 3 is 2.30 bits per heavy atom. The third-order valence-corrected chi connectivity index (χ3v) is 5.22. The average Bonchev–Trinajstić information content (AvgIpc) is 2.67. The summed E-state index contributed by atoms with van der Waals surface area (Å²) in [4.78, 5) is 0. The second-order valence-electron chi connectivity index (χ2n) is 7.65. The Labute approximate surface area is 124 Å². The van der Waals surface area contributed by atoms with Gasteiger partial charge in [0.1, 0.15) is 5.60 Å². The van der Waals surface area contributed by atoms with Gasteiger partial charge in [0.05, 0.1) is 11.1 Å². The van der Waals surface area contributed by atoms with Crippen molar-refractivity contribution in [2.45, 2.75) is 57.2 Å². The van der Waals surface area contributed by atoms with Crippen LogP contribution >= 0.6 is 11.3 Å². The second kappa shape index (κ2) is 4.30. The van der Waals surface area contributed by atoms with E-state index in [1.54, 1.807) is 11.3 Å². The number of hydrogen-bond donors (Lipinski definition) is 2. The molecule has 20 heavy (non-hydrogen) atoms. The highest BCUT2D eigenvalue weighted by Crippen LogP contribution is 2.43. The fourth-order valence-corrected chi connectivity index (χ4v) is 5.31. The lowest BCUT2D eigenvalue weighted by molar-refractivity contribution is -0.793. The minimum absolute atomic E-state index is 0.0551. The van der Waals surface area contributed by atoms with Crippen molar-refractivity contribution < 1.29 is 10.4 Å². The summed E-state index contributed by atoms with van der Waals surface area (Å²) in [5.41, 5.74) is 0.507. The highest BCUT2D eigenvalue weighted by Gasteiger charge is 2.50. The van der Waals surface area contributed by atoms with E-state index in [0.717, 1.165) is 18.4 Å². The Hall–Kier alpha value is -0.900. The van der Waals surface area contributed by atoms with Crippen LogP contribution in [0.4, 0.5) is 0 Å². The predicted octanol–water partition coefficient (Wildman–Crippen LogP) is 3.00. The minimum atomic E-state index is -0.721. The van der Waals surface area contributed by atoms with Crippen molar-refractivity contribution in [3.05, 3.63) is 35.2 Å². The first-order valence-corrected chi connectivity index (χ1v) is 8.15. The van der Waals surface area contributed by atoms with Crippen LogP contribution in [0.25, 0.3) is 10.1 Å². The van der Waals surface area contributed by atoms with Crippen molar-refractivity contribution in [3.63, 3.8) is 0 Å². The zero-order chi connectivity index (χ0) is 14.6. The molecule has 3 rings (SSSR count). The van der Waals surface area contributed by atoms with Crippen molar-refractivity contribution in [1.29, 1.82) is 0 Å². The molecule has 0 saturated carbocycles. The van der Waals surface area contributed by atoms with Crippen LogP contribution in [0.3, 0.4) is 0 Å². The summed E-state index contributed by atoms with van der Waals surface area (Å²) in [7, 11) is 0. The number of fused-ring (bicyclic) bond motifs is 1. The van der Waals surface area contributed by atoms with Gasteiger partial charge in [-0.3, -0.25) is 0 Å². The number of benzene rings is 1. The quantitative estimate of drug-likeness (QED) is 0.832. The number of nitrogens with two attached hydrogens (primary N) is 1. The molecule has 0 amide bonds. The molecule has 2 nitrogen and oxygen atoms in total. The first-order valence-electron chi connectivity index (χ1n) is 7.27. The molecule has 1 aliphatic rings. The molecule has 3 heteroatoms. The first-order chi connectivity index (χ1) is 9.21. The highest BCUT2D eigenvalue weighted by molar-refractivity contribution is 7.17. The number of aliphatic hydroxyl groups is 1. The Bertz CT molecular complexity index is 625. The molecule has 2 aromatic rings. The molecule has 1 aliphatic heterocycles. The maximum atomic E-state index is 11.4. The third-order valence-electron chi connectivity index (χ3n) is 4.26. The third kappa shape index (κ3) is 2.39. The largest absolute Gasteiger partial charge is 0.385 e. The van der Waals surface area contributed by atoms with Crippen molar-refractivity contribution >= 4 is 21.4 Å². The summed E-state index contributed by atoms with van der Waals surface area (Å²) in [6, 6.07) is 8.40. The van der Waals surface area contributed by atoms with E-state index >= 15 is 0 Å². The zero-order valence-corrected chi connectivity index (χ0v) is 13.6. The summed E-state index contributed by atoms with van der Waals surface area (Å²) in [6.07, 6.45) is 1.59. The molecule has 1 aromatic heterocycles. The van der Waals surface area contributed by atoms with Gasteiger partial charge in [-0.1, -0.05) is 18.2 Å². The summed E-state index contributed by atoms with van der Waals surface area (Å²) >= 11 is 1.74. The fraction of sp³-hybridized carbons (Fsp3) is 0.529. The second-order valence-corrected chi connectivity index (χ2v) is 8.56. The van der Waals surface area contributed by atoms with Crippen LogP contribution in [0.5, 0.6) is 0 Å². The molecule has 1 saturated heterocycles. The van der Waals surface area contributed by atoms with Crippen LogP contribution in [0.2, 0.25) is 0 Å². The lowest BCUT2D eigenvalue weighted by Crippen LogP contribution is -3.06. The number of rotatable bonds is 1. The van der Waals surface area contributed by atoms with Gasteiger partial charge in [0.15, 0.2) is 0 Å². The maximum absolute atomic E-state index is 11.4. The molecular weight excluding hydrogens is 266 g/mol. The highest BCUT2D eigenvalue weighted by atomic mass is 32.1. The SMILES string of the molecule is CC1(C)CC(O)(c2csc3ccccc23)CC(C)(C)[NH2+]1. The number of thiophene rings is 1. The smallest absolute Gasteiger partial charge is 0.103 e. The Morgan fingerprint density at radius 2 is 1.65 bits per heavy atom. The molecular formula is C17H24NOS+. The molecule has 108 valence electrons. The lowest BCUT2D eigenvalue weighted by atomic mass is 9.70. The van der Waals surface area contributed by atoms with Gasteiger partial charge in [-0.2, -0.15) is 0 Å². The average molecular weight is 290 g/mol. The summed E-state index contributed by atoms with van der Waals surface area (Å²) < 4.78 is 1.26. The van der Waals surface area contributed by atoms with Crippen molar-refractivity contribution in [2.24, 2.45) is 0 Å². The van der Waals surface area contributed by atoms with E-state index in [-0.39, 0.29) is 11.1 Å². The van der Waals surface area contributed by atoms with E-state index in [9.17, 15) is 5.11 Å². The van der Waals surface area contributed by atoms with E-state index in [0.29, 0.717) is 0 Å². The molecule has 0 unspecified atom stereocenters. The van der Waals surface area contributed by atoms with Gasteiger partial charge >= 0.3 is 0 Å². The van der Waals surface area contributed by atoms with Gasteiger partial charge in [-0.05, 0) is 44.5 Å². The Balaban J connectivity index is 2.11. The monoisotopic (exact) mass is 290 g/mol. The van der Waals surface area contributed by atoms with Gasteiger partial charge in [0, 0.05) is 23.1 Å². The van der Waals surface area contributed by atoms with Crippen molar-refractivity contribution in [3.8, 4) is 0 Å². The summed E-state index contributed by atoms with van der Waals surface area (Å²) in [5.74, 6) is 0. The van der Waals surface area contributed by atoms with Gasteiger partial charge in [0.2, 0.25) is 0 Å². The molecule has 3 N–H and O–H groups in total. The summed E-state index contributed by atoms with van der Waals surface area (Å²) in [5, 5.41) is 17.2. The lowest BCUT2D eigenvalue weighted by Gasteiger charge is -2.47. The molecule has 0 aliphatic carbocycles. The molecule has 1 fully saturated rings. The van der Waals surface area contributed by atoms with E-state index in [2.05, 4.69) is 62.7 Å². The number of piperidine rings is 1. The maximum Gasteiger partial charge on any atom is 0.103 e. The minimum Gasteiger partial charge on any atom is -0.385 e. The molecule has 1 aromatic carbocycles. The topological polar surface area (TPSA) is 36.8 Å². The fourth-order valence-electron chi connectivity index (χ4n) is 4.26. The molecule has 0 radical (unpaired) electrons. The van der Waals surface area contributed by atoms with E-state index in [4.69, 9.17) is 0 Å². The van der Waals surface area contributed by atoms with Crippen LogP contribution in [0, 0.1) is 0 Å². The van der Waals surface area contributed by atoms with Crippen LogP contribution in [0.1, 0.15) is 46.1 Å². The Morgan fingerprint density at radius 1 is 1.05 bits per heavy atom. The molecule has 0 atom stereocenters. The first kappa shape index (κ1) is 14.1. The van der Waals surface area contributed by atoms with Crippen molar-refractivity contribution in [1.82, 2.24) is 0 Å². The van der Waals surface area contributed by atoms with E-state index < -0.39 is 5.60 Å². The normalized spacial score (nSPS) is 23.9.